The second-order valence-electron chi connectivity index (χ2n) is 6.59. The van der Waals surface area contributed by atoms with Crippen LogP contribution in [0.15, 0.2) is 24.3 Å². The molecule has 120 valence electrons. The first-order valence-electron chi connectivity index (χ1n) is 8.35. The van der Waals surface area contributed by atoms with Gasteiger partial charge in [-0.3, -0.25) is 4.79 Å². The molecule has 1 N–H and O–H groups in total. The van der Waals surface area contributed by atoms with Gasteiger partial charge in [0.15, 0.2) is 0 Å². The van der Waals surface area contributed by atoms with Gasteiger partial charge in [-0.25, -0.2) is 0 Å². The van der Waals surface area contributed by atoms with E-state index in [9.17, 15) is 4.79 Å². The Morgan fingerprint density at radius 3 is 2.73 bits per heavy atom. The fraction of sp³-hybridized carbons (Fsp3) is 0.611. The summed E-state index contributed by atoms with van der Waals surface area (Å²) >= 11 is 6.08. The van der Waals surface area contributed by atoms with Gasteiger partial charge in [0, 0.05) is 17.9 Å². The van der Waals surface area contributed by atoms with Crippen LogP contribution in [0, 0.1) is 5.92 Å². The van der Waals surface area contributed by atoms with Crippen LogP contribution in [-0.2, 0) is 15.1 Å². The van der Waals surface area contributed by atoms with Crippen molar-refractivity contribution >= 4 is 17.5 Å². The van der Waals surface area contributed by atoms with Gasteiger partial charge < -0.3 is 10.1 Å². The van der Waals surface area contributed by atoms with Crippen molar-refractivity contribution in [1.82, 2.24) is 5.32 Å². The summed E-state index contributed by atoms with van der Waals surface area (Å²) in [6.07, 6.45) is 7.85. The fourth-order valence-electron chi connectivity index (χ4n) is 3.56. The molecule has 3 nitrogen and oxygen atoms in total. The highest BCUT2D eigenvalue weighted by molar-refractivity contribution is 6.30. The first kappa shape index (κ1) is 15.8. The van der Waals surface area contributed by atoms with Crippen molar-refractivity contribution in [2.24, 2.45) is 5.92 Å². The molecule has 0 spiro atoms. The molecule has 22 heavy (non-hydrogen) atoms. The molecule has 1 saturated carbocycles. The van der Waals surface area contributed by atoms with E-state index in [-0.39, 0.29) is 11.5 Å². The molecule has 1 saturated heterocycles. The van der Waals surface area contributed by atoms with E-state index < -0.39 is 0 Å². The lowest BCUT2D eigenvalue weighted by Gasteiger charge is -2.42. The third-order valence-electron chi connectivity index (χ3n) is 5.00. The summed E-state index contributed by atoms with van der Waals surface area (Å²) in [5.74, 6) is 0.724. The topological polar surface area (TPSA) is 38.3 Å². The van der Waals surface area contributed by atoms with Crippen LogP contribution in [0.4, 0.5) is 0 Å². The molecule has 4 heteroatoms. The summed E-state index contributed by atoms with van der Waals surface area (Å²) in [4.78, 5) is 12.2. The molecule has 1 atom stereocenters. The minimum atomic E-state index is -0.382. The maximum absolute atomic E-state index is 12.2. The predicted molar refractivity (Wildman–Crippen MR) is 87.9 cm³/mol. The molecule has 3 rings (SSSR count). The van der Waals surface area contributed by atoms with E-state index >= 15 is 0 Å². The SMILES string of the molecule is O=C(CC1CCCCC1)NCC1(c2cccc(Cl)c2)CCO1. The predicted octanol–water partition coefficient (Wildman–Crippen LogP) is 4.04. The number of amides is 1. The van der Waals surface area contributed by atoms with Gasteiger partial charge in [-0.2, -0.15) is 0 Å². The number of hydrogen-bond acceptors (Lipinski definition) is 2. The zero-order valence-electron chi connectivity index (χ0n) is 12.9. The summed E-state index contributed by atoms with van der Waals surface area (Å²) in [7, 11) is 0. The van der Waals surface area contributed by atoms with E-state index in [1.54, 1.807) is 0 Å². The van der Waals surface area contributed by atoms with E-state index in [0.29, 0.717) is 23.9 Å². The summed E-state index contributed by atoms with van der Waals surface area (Å²) < 4.78 is 5.83. The zero-order chi connectivity index (χ0) is 15.4. The molecule has 1 amide bonds. The molecule has 1 unspecified atom stereocenters. The Morgan fingerprint density at radius 2 is 2.09 bits per heavy atom. The fourth-order valence-corrected chi connectivity index (χ4v) is 3.75. The van der Waals surface area contributed by atoms with Crippen LogP contribution in [0.25, 0.3) is 0 Å². The first-order valence-corrected chi connectivity index (χ1v) is 8.72. The van der Waals surface area contributed by atoms with Crippen molar-refractivity contribution in [3.63, 3.8) is 0 Å². The minimum Gasteiger partial charge on any atom is -0.368 e. The van der Waals surface area contributed by atoms with E-state index in [1.807, 2.05) is 24.3 Å². The van der Waals surface area contributed by atoms with Gasteiger partial charge in [-0.15, -0.1) is 0 Å². The number of nitrogens with one attached hydrogen (secondary N) is 1. The molecule has 2 fully saturated rings. The van der Waals surface area contributed by atoms with Gasteiger partial charge in [0.05, 0.1) is 13.2 Å². The van der Waals surface area contributed by atoms with Crippen molar-refractivity contribution in [1.29, 1.82) is 0 Å². The van der Waals surface area contributed by atoms with Gasteiger partial charge in [-0.1, -0.05) is 43.0 Å². The van der Waals surface area contributed by atoms with Gasteiger partial charge in [0.25, 0.3) is 0 Å². The molecule has 0 bridgehead atoms. The van der Waals surface area contributed by atoms with Crippen molar-refractivity contribution in [3.05, 3.63) is 34.9 Å². The van der Waals surface area contributed by atoms with E-state index in [1.165, 1.54) is 32.1 Å². The van der Waals surface area contributed by atoms with E-state index in [4.69, 9.17) is 16.3 Å². The Kier molecular flexibility index (Phi) is 5.04. The number of halogens is 1. The van der Waals surface area contributed by atoms with Gasteiger partial charge in [0.2, 0.25) is 5.91 Å². The molecule has 0 radical (unpaired) electrons. The Hall–Kier alpha value is -1.06. The first-order chi connectivity index (χ1) is 10.7. The van der Waals surface area contributed by atoms with Crippen molar-refractivity contribution in [2.45, 2.75) is 50.5 Å². The lowest BCUT2D eigenvalue weighted by molar-refractivity contribution is -0.155. The van der Waals surface area contributed by atoms with Crippen LogP contribution in [-0.4, -0.2) is 19.1 Å². The van der Waals surface area contributed by atoms with Gasteiger partial charge in [-0.05, 0) is 36.5 Å². The largest absolute Gasteiger partial charge is 0.368 e. The van der Waals surface area contributed by atoms with E-state index in [2.05, 4.69) is 5.32 Å². The van der Waals surface area contributed by atoms with Crippen LogP contribution in [0.3, 0.4) is 0 Å². The Bertz CT molecular complexity index is 522. The average molecular weight is 322 g/mol. The van der Waals surface area contributed by atoms with Crippen LogP contribution >= 0.6 is 11.6 Å². The summed E-state index contributed by atoms with van der Waals surface area (Å²) in [6, 6.07) is 7.76. The summed E-state index contributed by atoms with van der Waals surface area (Å²) in [6.45, 7) is 1.28. The Balaban J connectivity index is 1.55. The summed E-state index contributed by atoms with van der Waals surface area (Å²) in [5.41, 5.74) is 0.678. The summed E-state index contributed by atoms with van der Waals surface area (Å²) in [5, 5.41) is 3.79. The third kappa shape index (κ3) is 3.64. The smallest absolute Gasteiger partial charge is 0.220 e. The Labute approximate surface area is 137 Å². The van der Waals surface area contributed by atoms with Crippen LogP contribution < -0.4 is 5.32 Å². The highest BCUT2D eigenvalue weighted by atomic mass is 35.5. The quantitative estimate of drug-likeness (QED) is 0.888. The van der Waals surface area contributed by atoms with Gasteiger partial charge >= 0.3 is 0 Å². The number of benzene rings is 1. The number of hydrogen-bond donors (Lipinski definition) is 1. The number of ether oxygens (including phenoxy) is 1. The van der Waals surface area contributed by atoms with Crippen LogP contribution in [0.2, 0.25) is 5.02 Å². The highest BCUT2D eigenvalue weighted by Crippen LogP contribution is 2.37. The number of carbonyl (C=O) groups is 1. The average Bonchev–Trinajstić information content (AvgIpc) is 2.47. The number of rotatable bonds is 5. The molecule has 1 aromatic rings. The molecule has 0 aromatic heterocycles. The number of carbonyl (C=O) groups excluding carboxylic acids is 1. The second kappa shape index (κ2) is 7.01. The lowest BCUT2D eigenvalue weighted by atomic mass is 9.85. The molecule has 1 aliphatic heterocycles. The van der Waals surface area contributed by atoms with Crippen molar-refractivity contribution in [2.75, 3.05) is 13.2 Å². The molecule has 1 heterocycles. The van der Waals surface area contributed by atoms with Crippen LogP contribution in [0.5, 0.6) is 0 Å². The zero-order valence-corrected chi connectivity index (χ0v) is 13.7. The third-order valence-corrected chi connectivity index (χ3v) is 5.24. The minimum absolute atomic E-state index is 0.156. The maximum Gasteiger partial charge on any atom is 0.220 e. The van der Waals surface area contributed by atoms with Crippen molar-refractivity contribution in [3.8, 4) is 0 Å². The monoisotopic (exact) mass is 321 g/mol. The lowest BCUT2D eigenvalue weighted by Crippen LogP contribution is -2.50. The molecular formula is C18H24ClNO2. The standard InChI is InChI=1S/C18H24ClNO2/c19-16-8-4-7-15(12-16)18(9-10-22-18)13-20-17(21)11-14-5-2-1-3-6-14/h4,7-8,12,14H,1-3,5-6,9-11,13H2,(H,20,21). The normalized spacial score (nSPS) is 25.5. The van der Waals surface area contributed by atoms with Crippen molar-refractivity contribution < 1.29 is 9.53 Å². The highest BCUT2D eigenvalue weighted by Gasteiger charge is 2.40. The van der Waals surface area contributed by atoms with Crippen LogP contribution in [0.1, 0.15) is 50.5 Å². The Morgan fingerprint density at radius 1 is 1.32 bits per heavy atom. The van der Waals surface area contributed by atoms with E-state index in [0.717, 1.165) is 18.6 Å². The molecule has 1 aromatic carbocycles. The maximum atomic E-state index is 12.2. The molecular weight excluding hydrogens is 298 g/mol. The van der Waals surface area contributed by atoms with Gasteiger partial charge in [0.1, 0.15) is 5.60 Å². The molecule has 1 aliphatic carbocycles. The second-order valence-corrected chi connectivity index (χ2v) is 7.02. The molecule has 2 aliphatic rings.